The molecule has 2 aliphatic carbocycles. The highest BCUT2D eigenvalue weighted by atomic mass is 19.3. The summed E-state index contributed by atoms with van der Waals surface area (Å²) in [5.41, 5.74) is -4.69. The smallest absolute Gasteiger partial charge is 0.380 e. The zero-order valence-electron chi connectivity index (χ0n) is 26.4. The molecule has 0 spiro atoms. The monoisotopic (exact) mass is 676 g/mol. The Morgan fingerprint density at radius 3 is 1.31 bits per heavy atom. The molecule has 5 nitrogen and oxygen atoms in total. The first kappa shape index (κ1) is 31.0. The highest BCUT2D eigenvalue weighted by molar-refractivity contribution is 6.14. The van der Waals surface area contributed by atoms with Gasteiger partial charge in [0.2, 0.25) is 0 Å². The van der Waals surface area contributed by atoms with Crippen molar-refractivity contribution in [3.8, 4) is 17.2 Å². The zero-order valence-corrected chi connectivity index (χ0v) is 26.4. The summed E-state index contributed by atoms with van der Waals surface area (Å²) < 4.78 is 127. The van der Waals surface area contributed by atoms with Crippen LogP contribution in [0.5, 0.6) is 17.2 Å². The Morgan fingerprint density at radius 1 is 0.510 bits per heavy atom. The van der Waals surface area contributed by atoms with Gasteiger partial charge in [-0.2, -0.15) is 26.3 Å². The summed E-state index contributed by atoms with van der Waals surface area (Å²) in [6.07, 6.45) is 0. The molecule has 2 aromatic heterocycles. The molecule has 2 aliphatic rings. The Kier molecular flexibility index (Phi) is 6.39. The number of ether oxygens (including phenoxy) is 3. The number of aryl methyl sites for hydroxylation is 1. The molecule has 0 saturated carbocycles. The van der Waals surface area contributed by atoms with Crippen molar-refractivity contribution >= 4 is 33.1 Å². The van der Waals surface area contributed by atoms with Gasteiger partial charge >= 0.3 is 17.8 Å². The van der Waals surface area contributed by atoms with Gasteiger partial charge in [-0.05, 0) is 66.6 Å². The van der Waals surface area contributed by atoms with Crippen LogP contribution >= 0.6 is 0 Å². The maximum absolute atomic E-state index is 16.5. The molecular weight excluding hydrogens is 650 g/mol. The van der Waals surface area contributed by atoms with Crippen molar-refractivity contribution in [2.75, 3.05) is 21.3 Å². The first-order chi connectivity index (χ1) is 23.3. The molecule has 0 atom stereocenters. The van der Waals surface area contributed by atoms with E-state index in [4.69, 9.17) is 23.0 Å². The summed E-state index contributed by atoms with van der Waals surface area (Å²) in [5, 5.41) is -0.237. The predicted molar refractivity (Wildman–Crippen MR) is 170 cm³/mol. The second-order valence-electron chi connectivity index (χ2n) is 12.2. The molecule has 49 heavy (non-hydrogen) atoms. The van der Waals surface area contributed by atoms with Crippen LogP contribution in [0.25, 0.3) is 33.1 Å². The van der Waals surface area contributed by atoms with Crippen LogP contribution in [0.15, 0.2) is 93.8 Å². The Labute approximate surface area is 275 Å². The molecule has 0 fully saturated rings. The van der Waals surface area contributed by atoms with E-state index in [1.807, 2.05) is 6.92 Å². The summed E-state index contributed by atoms with van der Waals surface area (Å²) in [6.45, 7) is 1.84. The van der Waals surface area contributed by atoms with E-state index in [2.05, 4.69) is 0 Å². The lowest BCUT2D eigenvalue weighted by Crippen LogP contribution is -2.49. The molecule has 0 amide bonds. The molecule has 0 aliphatic heterocycles. The van der Waals surface area contributed by atoms with Crippen molar-refractivity contribution in [1.82, 2.24) is 0 Å². The Bertz CT molecular complexity index is 2220. The van der Waals surface area contributed by atoms with Crippen molar-refractivity contribution in [2.45, 2.75) is 30.1 Å². The van der Waals surface area contributed by atoms with Crippen molar-refractivity contribution in [3.63, 3.8) is 0 Å². The first-order valence-electron chi connectivity index (χ1n) is 15.2. The van der Waals surface area contributed by atoms with Crippen LogP contribution in [0.1, 0.15) is 39.3 Å². The summed E-state index contributed by atoms with van der Waals surface area (Å²) in [4.78, 5) is 0. The summed E-state index contributed by atoms with van der Waals surface area (Å²) >= 11 is 0. The molecule has 6 aromatic rings. The van der Waals surface area contributed by atoms with Gasteiger partial charge in [-0.3, -0.25) is 0 Å². The van der Waals surface area contributed by atoms with E-state index in [0.717, 1.165) is 5.56 Å². The van der Waals surface area contributed by atoms with Gasteiger partial charge in [0, 0.05) is 33.0 Å². The number of alkyl halides is 6. The Balaban J connectivity index is 1.69. The molecule has 0 N–H and O–H groups in total. The highest BCUT2D eigenvalue weighted by Crippen LogP contribution is 2.70. The lowest BCUT2D eigenvalue weighted by molar-refractivity contribution is -0.254. The quantitative estimate of drug-likeness (QED) is 0.170. The lowest BCUT2D eigenvalue weighted by atomic mass is 9.68. The number of benzene rings is 4. The topological polar surface area (TPSA) is 54.0 Å². The number of fused-ring (bicyclic) bond motifs is 8. The SMILES string of the molecule is COc1ccc(C2(c3ccc(C)cc3)c3oc4ccc(OC)cc4c3C3=C(c4c2oc2ccc(OC)cc42)C(F)(F)C(F)(F)C3(F)F)cc1. The van der Waals surface area contributed by atoms with Crippen molar-refractivity contribution < 1.29 is 49.4 Å². The van der Waals surface area contributed by atoms with E-state index >= 15 is 26.3 Å². The van der Waals surface area contributed by atoms with Crippen LogP contribution in [-0.2, 0) is 5.41 Å². The van der Waals surface area contributed by atoms with Crippen molar-refractivity contribution in [3.05, 3.63) is 124 Å². The largest absolute Gasteiger partial charge is 0.497 e. The first-order valence-corrected chi connectivity index (χ1v) is 15.2. The van der Waals surface area contributed by atoms with Crippen molar-refractivity contribution in [2.24, 2.45) is 0 Å². The minimum absolute atomic E-state index is 0.0155. The number of hydrogen-bond acceptors (Lipinski definition) is 5. The van der Waals surface area contributed by atoms with Crippen LogP contribution < -0.4 is 14.2 Å². The van der Waals surface area contributed by atoms with Gasteiger partial charge in [-0.1, -0.05) is 42.0 Å². The molecule has 8 rings (SSSR count). The molecule has 0 saturated heterocycles. The number of furan rings is 2. The van der Waals surface area contributed by atoms with Gasteiger partial charge in [-0.25, -0.2) is 0 Å². The fourth-order valence-electron chi connectivity index (χ4n) is 7.26. The van der Waals surface area contributed by atoms with E-state index in [0.29, 0.717) is 16.9 Å². The van der Waals surface area contributed by atoms with Crippen LogP contribution in [0.2, 0.25) is 0 Å². The molecule has 11 heteroatoms. The number of allylic oxidation sites excluding steroid dienone is 2. The van der Waals surface area contributed by atoms with Gasteiger partial charge in [0.25, 0.3) is 0 Å². The van der Waals surface area contributed by atoms with Crippen LogP contribution in [0, 0.1) is 6.92 Å². The minimum Gasteiger partial charge on any atom is -0.497 e. The van der Waals surface area contributed by atoms with E-state index in [-0.39, 0.29) is 45.0 Å². The lowest BCUT2D eigenvalue weighted by Gasteiger charge is -2.34. The van der Waals surface area contributed by atoms with Crippen LogP contribution in [-0.4, -0.2) is 39.1 Å². The maximum Gasteiger partial charge on any atom is 0.380 e. The number of halogens is 6. The molecule has 0 unspecified atom stereocenters. The third kappa shape index (κ3) is 3.78. The Hall–Kier alpha value is -5.32. The maximum atomic E-state index is 16.5. The normalized spacial score (nSPS) is 18.2. The van der Waals surface area contributed by atoms with E-state index < -0.39 is 45.5 Å². The molecule has 4 aromatic carbocycles. The number of hydrogen-bond donors (Lipinski definition) is 0. The van der Waals surface area contributed by atoms with Gasteiger partial charge in [-0.15, -0.1) is 0 Å². The van der Waals surface area contributed by atoms with Crippen molar-refractivity contribution in [1.29, 1.82) is 0 Å². The van der Waals surface area contributed by atoms with Crippen LogP contribution in [0.4, 0.5) is 26.3 Å². The summed E-state index contributed by atoms with van der Waals surface area (Å²) in [6, 6.07) is 21.9. The highest BCUT2D eigenvalue weighted by Gasteiger charge is 2.82. The predicted octanol–water partition coefficient (Wildman–Crippen LogP) is 10.0. The van der Waals surface area contributed by atoms with Crippen LogP contribution in [0.3, 0.4) is 0 Å². The van der Waals surface area contributed by atoms with Gasteiger partial charge in [0.1, 0.15) is 45.4 Å². The molecule has 250 valence electrons. The molecule has 0 bridgehead atoms. The fourth-order valence-corrected chi connectivity index (χ4v) is 7.26. The summed E-state index contributed by atoms with van der Waals surface area (Å²) in [5.74, 6) is -16.4. The standard InChI is InChI=1S/C38H26F6O5/c1-19-5-7-20(8-6-19)35(21-9-11-22(45-2)12-10-21)33-29(25-17-23(46-3)13-15-27(25)48-33)31-32(37(41,42)38(43,44)36(31,39)40)30-26-18-24(47-4)14-16-28(26)49-34(30)35/h5-18H,1-4H3. The molecule has 0 radical (unpaired) electrons. The molecule has 2 heterocycles. The average molecular weight is 677 g/mol. The number of rotatable bonds is 5. The third-order valence-electron chi connectivity index (χ3n) is 9.65. The van der Waals surface area contributed by atoms with Gasteiger partial charge in [0.15, 0.2) is 0 Å². The number of methoxy groups -OCH3 is 3. The third-order valence-corrected chi connectivity index (χ3v) is 9.65. The van der Waals surface area contributed by atoms with Gasteiger partial charge < -0.3 is 23.0 Å². The van der Waals surface area contributed by atoms with E-state index in [1.54, 1.807) is 48.5 Å². The zero-order chi connectivity index (χ0) is 34.7. The average Bonchev–Trinajstić information content (AvgIpc) is 3.65. The van der Waals surface area contributed by atoms with E-state index in [9.17, 15) is 0 Å². The molecular formula is C38H26F6O5. The Morgan fingerprint density at radius 2 is 0.898 bits per heavy atom. The summed E-state index contributed by atoms with van der Waals surface area (Å²) in [7, 11) is 4.13. The van der Waals surface area contributed by atoms with Gasteiger partial charge in [0.05, 0.1) is 21.3 Å². The fraction of sp³-hybridized carbons (Fsp3) is 0.211. The van der Waals surface area contributed by atoms with E-state index in [1.165, 1.54) is 57.7 Å². The second-order valence-corrected chi connectivity index (χ2v) is 12.2. The second kappa shape index (κ2) is 10.1. The minimum atomic E-state index is -5.83.